The number of carbonyl (C=O) groups is 1. The number of hydrogen-bond acceptors (Lipinski definition) is 5. The van der Waals surface area contributed by atoms with Crippen LogP contribution in [0.2, 0.25) is 0 Å². The highest BCUT2D eigenvalue weighted by atomic mass is 16.5. The fraction of sp³-hybridized carbons (Fsp3) is 0.857. The second kappa shape index (κ2) is 8.72. The van der Waals surface area contributed by atoms with Gasteiger partial charge in [-0.1, -0.05) is 32.3 Å². The highest BCUT2D eigenvalue weighted by molar-refractivity contribution is 5.76. The lowest BCUT2D eigenvalue weighted by Crippen LogP contribution is -2.50. The first-order valence-corrected chi connectivity index (χ1v) is 10.7. The number of nitrogens with zero attached hydrogens (tertiary/aromatic N) is 3. The van der Waals surface area contributed by atoms with Gasteiger partial charge in [-0.15, -0.1) is 0 Å². The Morgan fingerprint density at radius 2 is 2.07 bits per heavy atom. The summed E-state index contributed by atoms with van der Waals surface area (Å²) in [4.78, 5) is 19.4. The number of hydrogen-bond donors (Lipinski definition) is 1. The standard InChI is InChI=1S/C21H36N4O2/c1-15(16-8-7-13-25(14-16)17-9-5-10-17)22-18(26)11-6-12-19-23-20(24-27-19)21(2,3)4/h15-17H,5-14H2,1-4H3,(H,22,26)/t15-,16+/m1/s1. The number of aryl methyl sites for hydroxylation is 1. The van der Waals surface area contributed by atoms with Gasteiger partial charge < -0.3 is 14.7 Å². The van der Waals surface area contributed by atoms with Crippen LogP contribution in [0, 0.1) is 5.92 Å². The Hall–Kier alpha value is -1.43. The quantitative estimate of drug-likeness (QED) is 0.789. The van der Waals surface area contributed by atoms with Crippen LogP contribution in [0.5, 0.6) is 0 Å². The Labute approximate surface area is 163 Å². The van der Waals surface area contributed by atoms with Crippen LogP contribution in [-0.2, 0) is 16.6 Å². The molecule has 3 rings (SSSR count). The molecule has 1 N–H and O–H groups in total. The summed E-state index contributed by atoms with van der Waals surface area (Å²) in [5.41, 5.74) is -0.109. The van der Waals surface area contributed by atoms with E-state index in [2.05, 4.69) is 48.1 Å². The van der Waals surface area contributed by atoms with Crippen molar-refractivity contribution in [1.29, 1.82) is 0 Å². The van der Waals surface area contributed by atoms with Crippen LogP contribution < -0.4 is 5.32 Å². The van der Waals surface area contributed by atoms with E-state index in [0.29, 0.717) is 24.7 Å². The van der Waals surface area contributed by atoms with Gasteiger partial charge in [0.1, 0.15) is 0 Å². The minimum Gasteiger partial charge on any atom is -0.353 e. The van der Waals surface area contributed by atoms with Gasteiger partial charge in [-0.2, -0.15) is 4.98 Å². The van der Waals surface area contributed by atoms with Crippen LogP contribution in [0.15, 0.2) is 4.52 Å². The molecule has 1 saturated carbocycles. The summed E-state index contributed by atoms with van der Waals surface area (Å²) in [6.45, 7) is 10.7. The van der Waals surface area contributed by atoms with Gasteiger partial charge >= 0.3 is 0 Å². The molecule has 2 fully saturated rings. The predicted molar refractivity (Wildman–Crippen MR) is 105 cm³/mol. The van der Waals surface area contributed by atoms with E-state index in [1.54, 1.807) is 0 Å². The van der Waals surface area contributed by atoms with E-state index in [1.165, 1.54) is 38.6 Å². The zero-order valence-electron chi connectivity index (χ0n) is 17.5. The van der Waals surface area contributed by atoms with Crippen LogP contribution in [-0.4, -0.2) is 46.1 Å². The fourth-order valence-electron chi connectivity index (χ4n) is 4.04. The average Bonchev–Trinajstić information content (AvgIpc) is 3.02. The summed E-state index contributed by atoms with van der Waals surface area (Å²) in [5, 5.41) is 7.27. The Morgan fingerprint density at radius 1 is 1.30 bits per heavy atom. The molecule has 0 aromatic carbocycles. The second-order valence-electron chi connectivity index (χ2n) is 9.45. The van der Waals surface area contributed by atoms with E-state index >= 15 is 0 Å². The zero-order chi connectivity index (χ0) is 19.4. The van der Waals surface area contributed by atoms with E-state index in [9.17, 15) is 4.79 Å². The summed E-state index contributed by atoms with van der Waals surface area (Å²) in [6, 6.07) is 1.05. The molecular weight excluding hydrogens is 340 g/mol. The number of piperidine rings is 1. The molecule has 152 valence electrons. The van der Waals surface area contributed by atoms with E-state index in [0.717, 1.165) is 24.8 Å². The van der Waals surface area contributed by atoms with Gasteiger partial charge in [0.15, 0.2) is 5.82 Å². The molecule has 1 saturated heterocycles. The molecule has 1 aromatic heterocycles. The molecule has 1 aromatic rings. The Morgan fingerprint density at radius 3 is 2.70 bits per heavy atom. The van der Waals surface area contributed by atoms with Gasteiger partial charge in [-0.25, -0.2) is 0 Å². The second-order valence-corrected chi connectivity index (χ2v) is 9.45. The molecule has 0 unspecified atom stereocenters. The molecule has 1 aliphatic carbocycles. The first-order valence-electron chi connectivity index (χ1n) is 10.7. The molecule has 0 radical (unpaired) electrons. The van der Waals surface area contributed by atoms with E-state index in [-0.39, 0.29) is 17.4 Å². The summed E-state index contributed by atoms with van der Waals surface area (Å²) >= 11 is 0. The fourth-order valence-corrected chi connectivity index (χ4v) is 4.04. The summed E-state index contributed by atoms with van der Waals surface area (Å²) in [7, 11) is 0. The molecule has 2 heterocycles. The highest BCUT2D eigenvalue weighted by Gasteiger charge is 2.31. The van der Waals surface area contributed by atoms with Gasteiger partial charge in [0.05, 0.1) is 0 Å². The van der Waals surface area contributed by atoms with Crippen molar-refractivity contribution in [3.63, 3.8) is 0 Å². The topological polar surface area (TPSA) is 71.3 Å². The van der Waals surface area contributed by atoms with E-state index in [4.69, 9.17) is 4.52 Å². The lowest BCUT2D eigenvalue weighted by molar-refractivity contribution is -0.122. The molecule has 0 bridgehead atoms. The number of nitrogens with one attached hydrogen (secondary N) is 1. The summed E-state index contributed by atoms with van der Waals surface area (Å²) in [5.74, 6) is 2.07. The first-order chi connectivity index (χ1) is 12.8. The number of likely N-dealkylation sites (tertiary alicyclic amines) is 1. The van der Waals surface area contributed by atoms with Crippen LogP contribution >= 0.6 is 0 Å². The van der Waals surface area contributed by atoms with Crippen molar-refractivity contribution >= 4 is 5.91 Å². The molecule has 1 aliphatic heterocycles. The highest BCUT2D eigenvalue weighted by Crippen LogP contribution is 2.30. The van der Waals surface area contributed by atoms with Crippen molar-refractivity contribution in [1.82, 2.24) is 20.4 Å². The van der Waals surface area contributed by atoms with Crippen molar-refractivity contribution in [3.05, 3.63) is 11.7 Å². The van der Waals surface area contributed by atoms with Crippen LogP contribution in [0.25, 0.3) is 0 Å². The maximum absolute atomic E-state index is 12.3. The molecule has 6 nitrogen and oxygen atoms in total. The molecular formula is C21H36N4O2. The lowest BCUT2D eigenvalue weighted by atomic mass is 9.85. The number of rotatable bonds is 7. The lowest BCUT2D eigenvalue weighted by Gasteiger charge is -2.43. The third kappa shape index (κ3) is 5.53. The minimum absolute atomic E-state index is 0.109. The normalized spacial score (nSPS) is 23.0. The van der Waals surface area contributed by atoms with Crippen molar-refractivity contribution in [2.75, 3.05) is 13.1 Å². The maximum atomic E-state index is 12.3. The van der Waals surface area contributed by atoms with E-state index < -0.39 is 0 Å². The number of carbonyl (C=O) groups excluding carboxylic acids is 1. The monoisotopic (exact) mass is 376 g/mol. The molecule has 2 atom stereocenters. The number of aromatic nitrogens is 2. The molecule has 27 heavy (non-hydrogen) atoms. The predicted octanol–water partition coefficient (Wildman–Crippen LogP) is 3.46. The van der Waals surface area contributed by atoms with Crippen molar-refractivity contribution in [2.45, 2.75) is 96.6 Å². The summed E-state index contributed by atoms with van der Waals surface area (Å²) in [6.07, 6.45) is 8.50. The Kier molecular flexibility index (Phi) is 6.56. The van der Waals surface area contributed by atoms with Crippen LogP contribution in [0.1, 0.15) is 84.4 Å². The van der Waals surface area contributed by atoms with Crippen molar-refractivity contribution in [3.8, 4) is 0 Å². The third-order valence-corrected chi connectivity index (χ3v) is 6.11. The van der Waals surface area contributed by atoms with Crippen LogP contribution in [0.4, 0.5) is 0 Å². The minimum atomic E-state index is -0.109. The van der Waals surface area contributed by atoms with Crippen LogP contribution in [0.3, 0.4) is 0 Å². The molecule has 6 heteroatoms. The van der Waals surface area contributed by atoms with Gasteiger partial charge in [0, 0.05) is 36.9 Å². The van der Waals surface area contributed by atoms with Gasteiger partial charge in [0.25, 0.3) is 0 Å². The Bertz CT molecular complexity index is 618. The maximum Gasteiger partial charge on any atom is 0.226 e. The average molecular weight is 377 g/mol. The van der Waals surface area contributed by atoms with E-state index in [1.807, 2.05) is 0 Å². The molecule has 1 amide bonds. The largest absolute Gasteiger partial charge is 0.353 e. The third-order valence-electron chi connectivity index (χ3n) is 6.11. The zero-order valence-corrected chi connectivity index (χ0v) is 17.5. The SMILES string of the molecule is C[C@@H](NC(=O)CCCc1nc(C(C)(C)C)no1)[C@H]1CCCN(C2CCC2)C1. The van der Waals surface area contributed by atoms with Crippen molar-refractivity contribution < 1.29 is 9.32 Å². The first kappa shape index (κ1) is 20.3. The van der Waals surface area contributed by atoms with Crippen molar-refractivity contribution in [2.24, 2.45) is 5.92 Å². The summed E-state index contributed by atoms with van der Waals surface area (Å²) < 4.78 is 5.30. The Balaban J connectivity index is 1.37. The van der Waals surface area contributed by atoms with Gasteiger partial charge in [-0.3, -0.25) is 4.79 Å². The molecule has 0 spiro atoms. The number of amides is 1. The van der Waals surface area contributed by atoms with Gasteiger partial charge in [0.2, 0.25) is 11.8 Å². The molecule has 2 aliphatic rings. The smallest absolute Gasteiger partial charge is 0.226 e. The van der Waals surface area contributed by atoms with Gasteiger partial charge in [-0.05, 0) is 51.5 Å².